The van der Waals surface area contributed by atoms with Crippen molar-refractivity contribution in [3.05, 3.63) is 62.9 Å². The number of rotatable bonds is 8. The number of hydrogen-bond donors (Lipinski definition) is 3. The molecule has 3 N–H and O–H groups in total. The Balaban J connectivity index is 1.48. The Morgan fingerprint density at radius 1 is 1.29 bits per heavy atom. The molecule has 0 aliphatic rings. The summed E-state index contributed by atoms with van der Waals surface area (Å²) < 4.78 is 16.5. The number of thiazole rings is 1. The molecule has 0 spiro atoms. The minimum atomic E-state index is -1.36. The quantitative estimate of drug-likeness (QED) is 0.326. The normalized spacial score (nSPS) is 13.0. The molecule has 0 fully saturated rings. The minimum Gasteiger partial charge on any atom is -0.465 e. The number of carbonyl (C=O) groups is 1. The van der Waals surface area contributed by atoms with Gasteiger partial charge < -0.3 is 15.5 Å². The fourth-order valence-electron chi connectivity index (χ4n) is 3.25. The molecule has 1 amide bonds. The van der Waals surface area contributed by atoms with E-state index in [-0.39, 0.29) is 18.8 Å². The van der Waals surface area contributed by atoms with Crippen LogP contribution in [0.1, 0.15) is 35.1 Å². The van der Waals surface area contributed by atoms with Crippen molar-refractivity contribution in [3.8, 4) is 0 Å². The maximum absolute atomic E-state index is 15.0. The van der Waals surface area contributed by atoms with Crippen LogP contribution in [0.2, 0.25) is 0 Å². The van der Waals surface area contributed by atoms with Crippen LogP contribution >= 0.6 is 22.7 Å². The summed E-state index contributed by atoms with van der Waals surface area (Å²) in [5, 5.41) is 39.0. The lowest BCUT2D eigenvalue weighted by molar-refractivity contribution is 0.101. The van der Waals surface area contributed by atoms with Crippen LogP contribution in [0, 0.1) is 12.7 Å². The zero-order valence-electron chi connectivity index (χ0n) is 18.6. The second kappa shape index (κ2) is 9.44. The van der Waals surface area contributed by atoms with E-state index in [2.05, 4.69) is 25.6 Å². The van der Waals surface area contributed by atoms with Gasteiger partial charge in [0, 0.05) is 35.4 Å². The van der Waals surface area contributed by atoms with Gasteiger partial charge in [0.1, 0.15) is 5.01 Å². The molecule has 0 aliphatic carbocycles. The van der Waals surface area contributed by atoms with Gasteiger partial charge >= 0.3 is 6.09 Å². The molecular formula is C21H22FN7O3S2. The number of carboxylic acid groups (broad SMARTS) is 1. The molecule has 34 heavy (non-hydrogen) atoms. The van der Waals surface area contributed by atoms with Crippen LogP contribution in [0.15, 0.2) is 35.8 Å². The van der Waals surface area contributed by atoms with E-state index in [0.29, 0.717) is 26.5 Å². The predicted molar refractivity (Wildman–Crippen MR) is 127 cm³/mol. The smallest absolute Gasteiger partial charge is 0.411 e. The van der Waals surface area contributed by atoms with Gasteiger partial charge in [-0.25, -0.2) is 14.2 Å². The van der Waals surface area contributed by atoms with Crippen molar-refractivity contribution < 1.29 is 19.4 Å². The molecule has 0 radical (unpaired) electrons. The zero-order chi connectivity index (χ0) is 24.5. The van der Waals surface area contributed by atoms with Crippen LogP contribution in [0.4, 0.5) is 25.8 Å². The average Bonchev–Trinajstić information content (AvgIpc) is 3.53. The maximum atomic E-state index is 15.0. The van der Waals surface area contributed by atoms with Crippen molar-refractivity contribution in [1.82, 2.24) is 25.0 Å². The van der Waals surface area contributed by atoms with E-state index in [9.17, 15) is 19.4 Å². The monoisotopic (exact) mass is 503 g/mol. The van der Waals surface area contributed by atoms with Crippen molar-refractivity contribution in [2.45, 2.75) is 32.9 Å². The van der Waals surface area contributed by atoms with E-state index in [1.165, 1.54) is 33.4 Å². The Morgan fingerprint density at radius 3 is 2.76 bits per heavy atom. The first-order valence-corrected chi connectivity index (χ1v) is 12.0. The summed E-state index contributed by atoms with van der Waals surface area (Å²) in [6.07, 6.45) is 0.448. The van der Waals surface area contributed by atoms with Gasteiger partial charge in [0.2, 0.25) is 5.13 Å². The molecule has 4 rings (SSSR count). The molecule has 10 nitrogen and oxygen atoms in total. The number of hydrogen-bond acceptors (Lipinski definition) is 9. The van der Waals surface area contributed by atoms with Gasteiger partial charge in [0.05, 0.1) is 12.2 Å². The molecule has 0 bridgehead atoms. The number of nitrogens with zero attached hydrogens (tertiary/aromatic N) is 6. The van der Waals surface area contributed by atoms with Crippen LogP contribution in [-0.2, 0) is 12.1 Å². The molecule has 1 aromatic carbocycles. The maximum Gasteiger partial charge on any atom is 0.411 e. The molecule has 0 aliphatic heterocycles. The van der Waals surface area contributed by atoms with Gasteiger partial charge in [0.25, 0.3) is 0 Å². The van der Waals surface area contributed by atoms with E-state index in [4.69, 9.17) is 0 Å². The van der Waals surface area contributed by atoms with E-state index < -0.39 is 17.5 Å². The summed E-state index contributed by atoms with van der Waals surface area (Å²) in [6, 6.07) is 6.33. The van der Waals surface area contributed by atoms with Gasteiger partial charge in [-0.15, -0.1) is 21.5 Å². The molecule has 4 aromatic rings. The third kappa shape index (κ3) is 4.76. The van der Waals surface area contributed by atoms with E-state index in [0.717, 1.165) is 10.6 Å². The zero-order valence-corrected chi connectivity index (χ0v) is 20.2. The first kappa shape index (κ1) is 23.7. The number of benzene rings is 1. The van der Waals surface area contributed by atoms with Crippen LogP contribution < -0.4 is 10.2 Å². The van der Waals surface area contributed by atoms with Crippen LogP contribution in [0.25, 0.3) is 0 Å². The second-order valence-electron chi connectivity index (χ2n) is 7.58. The lowest BCUT2D eigenvalue weighted by Gasteiger charge is -2.19. The summed E-state index contributed by atoms with van der Waals surface area (Å²) in [6.45, 7) is 5.36. The first-order chi connectivity index (χ1) is 16.2. The Hall–Kier alpha value is -3.42. The van der Waals surface area contributed by atoms with E-state index in [1.807, 2.05) is 12.3 Å². The number of aryl methyl sites for hydroxylation is 1. The van der Waals surface area contributed by atoms with Crippen molar-refractivity contribution in [3.63, 3.8) is 0 Å². The van der Waals surface area contributed by atoms with Gasteiger partial charge in [0.15, 0.2) is 22.2 Å². The minimum absolute atomic E-state index is 0.00173. The predicted octanol–water partition coefficient (Wildman–Crippen LogP) is 4.19. The molecule has 1 unspecified atom stereocenters. The van der Waals surface area contributed by atoms with Crippen LogP contribution in [0.3, 0.4) is 0 Å². The van der Waals surface area contributed by atoms with Crippen molar-refractivity contribution >= 4 is 45.4 Å². The molecule has 0 saturated carbocycles. The van der Waals surface area contributed by atoms with Crippen LogP contribution in [0.5, 0.6) is 0 Å². The lowest BCUT2D eigenvalue weighted by atomic mass is 10.1. The molecule has 3 aromatic heterocycles. The number of aliphatic hydroxyl groups is 1. The molecular weight excluding hydrogens is 481 g/mol. The standard InChI is InChI=1S/C21H22FN7O3S2/c1-4-29(20(30)31)14-7-5-6-13(16(14)22)10-28-9-8-15(27-28)24-19-26-25-18(34-19)21(3,32)17-23-12(2)11-33-17/h5-9,11,32H,4,10H2,1-3H3,(H,30,31)(H,24,26,27). The number of nitrogens with one attached hydrogen (secondary N) is 1. The Labute approximate surface area is 202 Å². The average molecular weight is 504 g/mol. The van der Waals surface area contributed by atoms with Crippen molar-refractivity contribution in [1.29, 1.82) is 0 Å². The highest BCUT2D eigenvalue weighted by molar-refractivity contribution is 7.15. The highest BCUT2D eigenvalue weighted by Gasteiger charge is 2.33. The van der Waals surface area contributed by atoms with E-state index >= 15 is 0 Å². The van der Waals surface area contributed by atoms with Gasteiger partial charge in [-0.3, -0.25) is 9.58 Å². The largest absolute Gasteiger partial charge is 0.465 e. The summed E-state index contributed by atoms with van der Waals surface area (Å²) in [5.74, 6) is -0.144. The molecule has 13 heteroatoms. The fraction of sp³-hybridized carbons (Fsp3) is 0.286. The van der Waals surface area contributed by atoms with Crippen molar-refractivity contribution in [2.75, 3.05) is 16.8 Å². The highest BCUT2D eigenvalue weighted by atomic mass is 32.1. The number of aromatic nitrogens is 5. The third-order valence-electron chi connectivity index (χ3n) is 4.98. The Bertz CT molecular complexity index is 1320. The first-order valence-electron chi connectivity index (χ1n) is 10.3. The summed E-state index contributed by atoms with van der Waals surface area (Å²) in [5.41, 5.74) is -0.233. The number of anilines is 3. The van der Waals surface area contributed by atoms with Gasteiger partial charge in [-0.2, -0.15) is 5.10 Å². The summed E-state index contributed by atoms with van der Waals surface area (Å²) >= 11 is 2.53. The highest BCUT2D eigenvalue weighted by Crippen LogP contribution is 2.35. The number of halogens is 1. The Morgan fingerprint density at radius 2 is 2.09 bits per heavy atom. The molecule has 0 saturated heterocycles. The van der Waals surface area contributed by atoms with Crippen LogP contribution in [-0.4, -0.2) is 47.8 Å². The molecule has 3 heterocycles. The lowest BCUT2D eigenvalue weighted by Crippen LogP contribution is -2.29. The summed E-state index contributed by atoms with van der Waals surface area (Å²) in [4.78, 5) is 16.7. The third-order valence-corrected chi connectivity index (χ3v) is 7.20. The topological polar surface area (TPSA) is 129 Å². The fourth-order valence-corrected chi connectivity index (χ4v) is 4.97. The molecule has 1 atom stereocenters. The van der Waals surface area contributed by atoms with Gasteiger partial charge in [-0.1, -0.05) is 23.5 Å². The SMILES string of the molecule is CCN(C(=O)O)c1cccc(Cn2ccc(Nc3nnc(C(C)(O)c4nc(C)cs4)s3)n2)c1F. The molecule has 178 valence electrons. The summed E-state index contributed by atoms with van der Waals surface area (Å²) in [7, 11) is 0. The van der Waals surface area contributed by atoms with Crippen molar-refractivity contribution in [2.24, 2.45) is 0 Å². The van der Waals surface area contributed by atoms with Gasteiger partial charge in [-0.05, 0) is 26.8 Å². The van der Waals surface area contributed by atoms with E-state index in [1.54, 1.807) is 38.2 Å². The number of amides is 1. The Kier molecular flexibility index (Phi) is 6.59. The second-order valence-corrected chi connectivity index (χ2v) is 9.41.